The summed E-state index contributed by atoms with van der Waals surface area (Å²) in [4.78, 5) is 8.61. The van der Waals surface area contributed by atoms with E-state index in [2.05, 4.69) is 14.7 Å². The van der Waals surface area contributed by atoms with Gasteiger partial charge in [0.15, 0.2) is 5.75 Å². The highest BCUT2D eigenvalue weighted by molar-refractivity contribution is 7.13. The Balaban J connectivity index is 2.83. The third-order valence-electron chi connectivity index (χ3n) is 3.98. The van der Waals surface area contributed by atoms with Crippen LogP contribution >= 0.6 is 11.3 Å². The van der Waals surface area contributed by atoms with Crippen molar-refractivity contribution in [3.8, 4) is 16.3 Å². The van der Waals surface area contributed by atoms with Gasteiger partial charge in [-0.15, -0.1) is 24.5 Å². The average molecular weight is 386 g/mol. The highest BCUT2D eigenvalue weighted by atomic mass is 32.1. The molecule has 2 rings (SSSR count). The highest BCUT2D eigenvalue weighted by Gasteiger charge is 2.35. The molecular weight excluding hydrogens is 365 g/mol. The number of aliphatic imine (C=N–C) groups is 1. The molecule has 0 aliphatic heterocycles. The molecule has 0 saturated carbocycles. The van der Waals surface area contributed by atoms with Gasteiger partial charge < -0.3 is 9.84 Å². The van der Waals surface area contributed by atoms with E-state index in [0.29, 0.717) is 28.3 Å². The molecular formula is C18H21F3N2O2S. The van der Waals surface area contributed by atoms with Gasteiger partial charge in [-0.2, -0.15) is 0 Å². The molecule has 0 saturated heterocycles. The van der Waals surface area contributed by atoms with Crippen LogP contribution in [-0.4, -0.2) is 22.2 Å². The van der Waals surface area contributed by atoms with E-state index < -0.39 is 18.2 Å². The molecule has 0 radical (unpaired) electrons. The molecule has 1 atom stereocenters. The van der Waals surface area contributed by atoms with Gasteiger partial charge in [0.2, 0.25) is 0 Å². The van der Waals surface area contributed by atoms with E-state index in [1.54, 1.807) is 32.3 Å². The number of aromatic nitrogens is 1. The number of aliphatic hydroxyl groups excluding tert-OH is 1. The van der Waals surface area contributed by atoms with E-state index in [0.717, 1.165) is 0 Å². The van der Waals surface area contributed by atoms with Gasteiger partial charge in [-0.3, -0.25) is 4.99 Å². The number of aliphatic hydroxyl groups is 1. The molecule has 142 valence electrons. The second-order valence-electron chi connectivity index (χ2n) is 5.83. The first-order valence-electron chi connectivity index (χ1n) is 8.23. The number of hydrogen-bond donors (Lipinski definition) is 1. The predicted molar refractivity (Wildman–Crippen MR) is 97.3 cm³/mol. The minimum atomic E-state index is -4.89. The third-order valence-corrected chi connectivity index (χ3v) is 4.78. The highest BCUT2D eigenvalue weighted by Crippen LogP contribution is 2.46. The number of halogens is 3. The molecule has 0 bridgehead atoms. The zero-order chi connectivity index (χ0) is 19.5. The van der Waals surface area contributed by atoms with E-state index in [1.807, 2.05) is 6.92 Å². The van der Waals surface area contributed by atoms with Crippen LogP contribution in [0.5, 0.6) is 5.75 Å². The number of nitrogens with zero attached hydrogens (tertiary/aromatic N) is 2. The van der Waals surface area contributed by atoms with E-state index in [9.17, 15) is 18.3 Å². The van der Waals surface area contributed by atoms with Crippen LogP contribution in [0.2, 0.25) is 0 Å². The zero-order valence-corrected chi connectivity index (χ0v) is 15.8. The van der Waals surface area contributed by atoms with Gasteiger partial charge in [0, 0.05) is 28.4 Å². The summed E-state index contributed by atoms with van der Waals surface area (Å²) in [7, 11) is 0. The van der Waals surface area contributed by atoms with Crippen molar-refractivity contribution in [2.45, 2.75) is 53.0 Å². The number of alkyl halides is 3. The fourth-order valence-corrected chi connectivity index (χ4v) is 3.15. The van der Waals surface area contributed by atoms with Gasteiger partial charge in [-0.05, 0) is 38.3 Å². The number of ether oxygens (including phenoxy) is 1. The second kappa shape index (κ2) is 8.18. The standard InChI is InChI=1S/C18H21F3N2O2S/c1-5-10(3)23-15-11(4)12(17-22-7-8-26-17)9-13(14(24)6-2)16(15)25-18(19,20)21/h7-9,14,24H,5-6H2,1-4H3. The van der Waals surface area contributed by atoms with Crippen molar-refractivity contribution in [3.63, 3.8) is 0 Å². The largest absolute Gasteiger partial charge is 0.573 e. The number of rotatable bonds is 6. The van der Waals surface area contributed by atoms with Crippen LogP contribution in [-0.2, 0) is 0 Å². The predicted octanol–water partition coefficient (Wildman–Crippen LogP) is 5.96. The fraction of sp³-hybridized carbons (Fsp3) is 0.444. The Morgan fingerprint density at radius 2 is 2.08 bits per heavy atom. The summed E-state index contributed by atoms with van der Waals surface area (Å²) in [6.45, 7) is 6.97. The molecule has 0 spiro atoms. The molecule has 4 nitrogen and oxygen atoms in total. The summed E-state index contributed by atoms with van der Waals surface area (Å²) in [5, 5.41) is 12.8. The van der Waals surface area contributed by atoms with E-state index in [1.165, 1.54) is 17.4 Å². The molecule has 1 aromatic carbocycles. The Morgan fingerprint density at radius 1 is 1.38 bits per heavy atom. The van der Waals surface area contributed by atoms with Gasteiger partial charge in [0.25, 0.3) is 0 Å². The monoisotopic (exact) mass is 386 g/mol. The van der Waals surface area contributed by atoms with Gasteiger partial charge in [0.1, 0.15) is 10.7 Å². The number of benzene rings is 1. The lowest BCUT2D eigenvalue weighted by Crippen LogP contribution is -2.19. The van der Waals surface area contributed by atoms with E-state index in [4.69, 9.17) is 0 Å². The topological polar surface area (TPSA) is 54.7 Å². The summed E-state index contributed by atoms with van der Waals surface area (Å²) < 4.78 is 43.4. The first kappa shape index (κ1) is 20.4. The molecule has 0 aliphatic rings. The Labute approximate surface area is 154 Å². The van der Waals surface area contributed by atoms with Crippen molar-refractivity contribution in [2.24, 2.45) is 4.99 Å². The normalized spacial score (nSPS) is 13.8. The van der Waals surface area contributed by atoms with Gasteiger partial charge in [-0.25, -0.2) is 4.98 Å². The van der Waals surface area contributed by atoms with Gasteiger partial charge in [-0.1, -0.05) is 13.8 Å². The van der Waals surface area contributed by atoms with Crippen LogP contribution in [0.15, 0.2) is 22.6 Å². The molecule has 1 aromatic heterocycles. The summed E-state index contributed by atoms with van der Waals surface area (Å²) in [5.41, 5.74) is 1.97. The quantitative estimate of drug-likeness (QED) is 0.623. The Morgan fingerprint density at radius 3 is 2.58 bits per heavy atom. The minimum absolute atomic E-state index is 0.0586. The Kier molecular flexibility index (Phi) is 6.41. The summed E-state index contributed by atoms with van der Waals surface area (Å²) in [6, 6.07) is 1.52. The van der Waals surface area contributed by atoms with Gasteiger partial charge >= 0.3 is 6.36 Å². The van der Waals surface area contributed by atoms with Crippen molar-refractivity contribution < 1.29 is 23.0 Å². The summed E-state index contributed by atoms with van der Waals surface area (Å²) >= 11 is 1.37. The van der Waals surface area contributed by atoms with Crippen LogP contribution in [0, 0.1) is 6.92 Å². The van der Waals surface area contributed by atoms with Crippen LogP contribution in [0.4, 0.5) is 18.9 Å². The molecule has 0 amide bonds. The first-order chi connectivity index (χ1) is 12.2. The zero-order valence-electron chi connectivity index (χ0n) is 15.0. The minimum Gasteiger partial charge on any atom is -0.403 e. The van der Waals surface area contributed by atoms with Crippen LogP contribution in [0.25, 0.3) is 10.6 Å². The van der Waals surface area contributed by atoms with E-state index >= 15 is 0 Å². The lowest BCUT2D eigenvalue weighted by Gasteiger charge is -2.21. The number of hydrogen-bond acceptors (Lipinski definition) is 5. The molecule has 0 aliphatic carbocycles. The molecule has 8 heteroatoms. The van der Waals surface area contributed by atoms with Crippen molar-refractivity contribution in [3.05, 3.63) is 28.8 Å². The first-order valence-corrected chi connectivity index (χ1v) is 9.11. The van der Waals surface area contributed by atoms with Crippen molar-refractivity contribution >= 4 is 22.7 Å². The van der Waals surface area contributed by atoms with Crippen molar-refractivity contribution in [1.29, 1.82) is 0 Å². The molecule has 1 heterocycles. The lowest BCUT2D eigenvalue weighted by molar-refractivity contribution is -0.274. The third kappa shape index (κ3) is 4.62. The van der Waals surface area contributed by atoms with E-state index in [-0.39, 0.29) is 17.7 Å². The Hall–Kier alpha value is -1.93. The molecule has 1 N–H and O–H groups in total. The molecule has 2 aromatic rings. The number of thiazole rings is 1. The second-order valence-corrected chi connectivity index (χ2v) is 6.72. The lowest BCUT2D eigenvalue weighted by atomic mass is 9.97. The molecule has 26 heavy (non-hydrogen) atoms. The van der Waals surface area contributed by atoms with Crippen LogP contribution < -0.4 is 4.74 Å². The maximum absolute atomic E-state index is 13.0. The smallest absolute Gasteiger partial charge is 0.403 e. The average Bonchev–Trinajstić information content (AvgIpc) is 3.10. The maximum Gasteiger partial charge on any atom is 0.573 e. The van der Waals surface area contributed by atoms with Crippen molar-refractivity contribution in [1.82, 2.24) is 4.98 Å². The Bertz CT molecular complexity index is 787. The van der Waals surface area contributed by atoms with Crippen LogP contribution in [0.1, 0.15) is 50.8 Å². The van der Waals surface area contributed by atoms with Crippen molar-refractivity contribution in [2.75, 3.05) is 0 Å². The SMILES string of the molecule is CCC(C)=Nc1c(C)c(-c2nccs2)cc(C(O)CC)c1OC(F)(F)F. The fourth-order valence-electron chi connectivity index (χ4n) is 2.44. The molecule has 1 unspecified atom stereocenters. The summed E-state index contributed by atoms with van der Waals surface area (Å²) in [5.74, 6) is -0.447. The van der Waals surface area contributed by atoms with Gasteiger partial charge in [0.05, 0.1) is 6.10 Å². The summed E-state index contributed by atoms with van der Waals surface area (Å²) in [6.07, 6.45) is -3.55. The van der Waals surface area contributed by atoms with Crippen LogP contribution in [0.3, 0.4) is 0 Å². The molecule has 0 fully saturated rings. The maximum atomic E-state index is 13.0.